The van der Waals surface area contributed by atoms with E-state index < -0.39 is 5.60 Å². The lowest BCUT2D eigenvalue weighted by atomic mass is 10.1. The van der Waals surface area contributed by atoms with Crippen molar-refractivity contribution in [2.75, 3.05) is 20.3 Å². The first-order valence-electron chi connectivity index (χ1n) is 5.20. The van der Waals surface area contributed by atoms with Crippen molar-refractivity contribution in [3.8, 4) is 0 Å². The Morgan fingerprint density at radius 3 is 2.59 bits per heavy atom. The molecule has 1 aromatic carbocycles. The van der Waals surface area contributed by atoms with Gasteiger partial charge in [-0.05, 0) is 31.2 Å². The minimum absolute atomic E-state index is 0.127. The van der Waals surface area contributed by atoms with Crippen molar-refractivity contribution in [2.45, 2.75) is 12.5 Å². The van der Waals surface area contributed by atoms with Crippen LogP contribution in [0.4, 0.5) is 0 Å². The molecule has 0 fully saturated rings. The number of carbonyl (C=O) groups excluding carboxylic acids is 1. The molecule has 17 heavy (non-hydrogen) atoms. The molecular weight excluding hydrogens is 242 g/mol. The zero-order valence-electron chi connectivity index (χ0n) is 9.87. The maximum atomic E-state index is 11.7. The normalized spacial score (nSPS) is 14.1. The third-order valence-electron chi connectivity index (χ3n) is 2.19. The van der Waals surface area contributed by atoms with Crippen LogP contribution < -0.4 is 5.32 Å². The van der Waals surface area contributed by atoms with E-state index in [9.17, 15) is 9.90 Å². The van der Waals surface area contributed by atoms with Crippen molar-refractivity contribution >= 4 is 17.5 Å². The van der Waals surface area contributed by atoms with Crippen LogP contribution in [0.2, 0.25) is 5.02 Å². The molecule has 0 unspecified atom stereocenters. The summed E-state index contributed by atoms with van der Waals surface area (Å²) < 4.78 is 4.84. The highest BCUT2D eigenvalue weighted by molar-refractivity contribution is 6.30. The van der Waals surface area contributed by atoms with Gasteiger partial charge in [-0.1, -0.05) is 11.6 Å². The Hall–Kier alpha value is -1.10. The molecule has 0 heterocycles. The molecule has 2 N–H and O–H groups in total. The van der Waals surface area contributed by atoms with Gasteiger partial charge in [0.1, 0.15) is 5.60 Å². The number of ether oxygens (including phenoxy) is 1. The zero-order chi connectivity index (χ0) is 12.9. The maximum Gasteiger partial charge on any atom is 0.251 e. The highest BCUT2D eigenvalue weighted by Crippen LogP contribution is 2.09. The van der Waals surface area contributed by atoms with E-state index in [2.05, 4.69) is 5.32 Å². The van der Waals surface area contributed by atoms with Crippen LogP contribution in [0.3, 0.4) is 0 Å². The Morgan fingerprint density at radius 1 is 1.47 bits per heavy atom. The number of amides is 1. The Bertz CT molecular complexity index is 376. The number of hydrogen-bond donors (Lipinski definition) is 2. The summed E-state index contributed by atoms with van der Waals surface area (Å²) >= 11 is 5.72. The lowest BCUT2D eigenvalue weighted by Crippen LogP contribution is -2.43. The summed E-state index contributed by atoms with van der Waals surface area (Å²) in [6.07, 6.45) is 0. The summed E-state index contributed by atoms with van der Waals surface area (Å²) in [7, 11) is 1.50. The second-order valence-electron chi connectivity index (χ2n) is 4.12. The molecule has 0 spiro atoms. The minimum atomic E-state index is -1.07. The molecule has 0 radical (unpaired) electrons. The zero-order valence-corrected chi connectivity index (χ0v) is 10.6. The average Bonchev–Trinajstić information content (AvgIpc) is 2.27. The number of hydrogen-bond acceptors (Lipinski definition) is 3. The molecule has 5 heteroatoms. The van der Waals surface area contributed by atoms with E-state index in [4.69, 9.17) is 16.3 Å². The third kappa shape index (κ3) is 4.73. The van der Waals surface area contributed by atoms with E-state index in [1.165, 1.54) is 7.11 Å². The first-order valence-corrected chi connectivity index (χ1v) is 5.57. The summed E-state index contributed by atoms with van der Waals surface area (Å²) in [5, 5.41) is 13.0. The molecule has 1 atom stereocenters. The second kappa shape index (κ2) is 6.00. The Morgan fingerprint density at radius 2 is 2.06 bits per heavy atom. The molecule has 0 aliphatic carbocycles. The Labute approximate surface area is 106 Å². The monoisotopic (exact) mass is 257 g/mol. The summed E-state index contributed by atoms with van der Waals surface area (Å²) in [6.45, 7) is 1.88. The number of halogens is 1. The molecule has 4 nitrogen and oxygen atoms in total. The van der Waals surface area contributed by atoms with Gasteiger partial charge < -0.3 is 15.2 Å². The topological polar surface area (TPSA) is 58.6 Å². The van der Waals surface area contributed by atoms with Crippen molar-refractivity contribution in [2.24, 2.45) is 0 Å². The molecule has 94 valence electrons. The van der Waals surface area contributed by atoms with Gasteiger partial charge in [-0.25, -0.2) is 0 Å². The maximum absolute atomic E-state index is 11.7. The number of carbonyl (C=O) groups is 1. The highest BCUT2D eigenvalue weighted by atomic mass is 35.5. The van der Waals surface area contributed by atoms with Crippen LogP contribution in [0.25, 0.3) is 0 Å². The fourth-order valence-corrected chi connectivity index (χ4v) is 1.46. The highest BCUT2D eigenvalue weighted by Gasteiger charge is 2.21. The second-order valence-corrected chi connectivity index (χ2v) is 4.56. The van der Waals surface area contributed by atoms with Crippen LogP contribution in [0.1, 0.15) is 17.3 Å². The summed E-state index contributed by atoms with van der Waals surface area (Å²) in [5.74, 6) is -0.252. The molecule has 0 bridgehead atoms. The third-order valence-corrected chi connectivity index (χ3v) is 2.44. The summed E-state index contributed by atoms with van der Waals surface area (Å²) in [6, 6.07) is 6.54. The van der Waals surface area contributed by atoms with Crippen molar-refractivity contribution in [1.29, 1.82) is 0 Å². The van der Waals surface area contributed by atoms with Gasteiger partial charge in [0.05, 0.1) is 6.61 Å². The van der Waals surface area contributed by atoms with E-state index in [1.807, 2.05) is 0 Å². The van der Waals surface area contributed by atoms with Crippen LogP contribution in [-0.2, 0) is 4.74 Å². The van der Waals surface area contributed by atoms with Crippen LogP contribution in [0.5, 0.6) is 0 Å². The van der Waals surface area contributed by atoms with E-state index in [-0.39, 0.29) is 19.1 Å². The molecule has 0 aliphatic rings. The SMILES string of the molecule is COC[C@](C)(O)CNC(=O)c1ccc(Cl)cc1. The van der Waals surface area contributed by atoms with Crippen molar-refractivity contribution in [3.63, 3.8) is 0 Å². The molecule has 1 amide bonds. The van der Waals surface area contributed by atoms with E-state index in [0.29, 0.717) is 10.6 Å². The molecule has 0 saturated carbocycles. The predicted octanol–water partition coefficient (Wildman–Crippen LogP) is 1.47. The number of rotatable bonds is 5. The first kappa shape index (κ1) is 14.0. The summed E-state index contributed by atoms with van der Waals surface area (Å²) in [5.41, 5.74) is -0.570. The Balaban J connectivity index is 2.53. The molecule has 0 aromatic heterocycles. The fraction of sp³-hybridized carbons (Fsp3) is 0.417. The van der Waals surface area contributed by atoms with Crippen LogP contribution >= 0.6 is 11.6 Å². The van der Waals surface area contributed by atoms with Crippen molar-refractivity contribution in [1.82, 2.24) is 5.32 Å². The minimum Gasteiger partial charge on any atom is -0.386 e. The van der Waals surface area contributed by atoms with Gasteiger partial charge in [0.2, 0.25) is 0 Å². The van der Waals surface area contributed by atoms with Crippen LogP contribution in [-0.4, -0.2) is 36.9 Å². The van der Waals surface area contributed by atoms with Gasteiger partial charge in [0.15, 0.2) is 0 Å². The number of benzene rings is 1. The lowest BCUT2D eigenvalue weighted by molar-refractivity contribution is -0.0147. The lowest BCUT2D eigenvalue weighted by Gasteiger charge is -2.22. The van der Waals surface area contributed by atoms with Gasteiger partial charge in [0.25, 0.3) is 5.91 Å². The fourth-order valence-electron chi connectivity index (χ4n) is 1.34. The first-order chi connectivity index (χ1) is 7.94. The number of methoxy groups -OCH3 is 1. The van der Waals surface area contributed by atoms with Gasteiger partial charge in [0, 0.05) is 24.2 Å². The average molecular weight is 258 g/mol. The molecule has 0 saturated heterocycles. The van der Waals surface area contributed by atoms with Gasteiger partial charge in [-0.2, -0.15) is 0 Å². The number of nitrogens with one attached hydrogen (secondary N) is 1. The quantitative estimate of drug-likeness (QED) is 0.840. The van der Waals surface area contributed by atoms with E-state index in [0.717, 1.165) is 0 Å². The molecule has 0 aliphatic heterocycles. The van der Waals surface area contributed by atoms with E-state index in [1.54, 1.807) is 31.2 Å². The number of aliphatic hydroxyl groups is 1. The standard InChI is InChI=1S/C12H16ClNO3/c1-12(16,8-17-2)7-14-11(15)9-3-5-10(13)6-4-9/h3-6,16H,7-8H2,1-2H3,(H,14,15)/t12-/m1/s1. The van der Waals surface area contributed by atoms with Gasteiger partial charge >= 0.3 is 0 Å². The van der Waals surface area contributed by atoms with Crippen LogP contribution in [0, 0.1) is 0 Å². The summed E-state index contributed by atoms with van der Waals surface area (Å²) in [4.78, 5) is 11.7. The molecular formula is C12H16ClNO3. The molecule has 1 rings (SSSR count). The largest absolute Gasteiger partial charge is 0.386 e. The van der Waals surface area contributed by atoms with E-state index >= 15 is 0 Å². The Kier molecular flexibility index (Phi) is 4.93. The smallest absolute Gasteiger partial charge is 0.251 e. The van der Waals surface area contributed by atoms with Crippen molar-refractivity contribution in [3.05, 3.63) is 34.9 Å². The van der Waals surface area contributed by atoms with Crippen LogP contribution in [0.15, 0.2) is 24.3 Å². The van der Waals surface area contributed by atoms with Gasteiger partial charge in [-0.3, -0.25) is 4.79 Å². The molecule has 1 aromatic rings. The predicted molar refractivity (Wildman–Crippen MR) is 66.3 cm³/mol. The van der Waals surface area contributed by atoms with Crippen molar-refractivity contribution < 1.29 is 14.6 Å². The van der Waals surface area contributed by atoms with Gasteiger partial charge in [-0.15, -0.1) is 0 Å².